The Hall–Kier alpha value is -0.830. The zero-order valence-electron chi connectivity index (χ0n) is 11.4. The molecule has 1 aliphatic carbocycles. The monoisotopic (exact) mass is 235 g/mol. The molecular formula is C14H25N3. The lowest BCUT2D eigenvalue weighted by Gasteiger charge is -2.27. The summed E-state index contributed by atoms with van der Waals surface area (Å²) < 4.78 is 2.10. The van der Waals surface area contributed by atoms with E-state index in [0.717, 1.165) is 12.2 Å². The van der Waals surface area contributed by atoms with E-state index in [0.29, 0.717) is 5.92 Å². The fourth-order valence-electron chi connectivity index (χ4n) is 2.88. The summed E-state index contributed by atoms with van der Waals surface area (Å²) in [5.74, 6) is 0.702. The molecule has 3 nitrogen and oxygen atoms in total. The highest BCUT2D eigenvalue weighted by Gasteiger charge is 2.21. The van der Waals surface area contributed by atoms with Gasteiger partial charge in [-0.05, 0) is 45.1 Å². The molecule has 3 heteroatoms. The summed E-state index contributed by atoms with van der Waals surface area (Å²) in [5, 5.41) is 4.58. The van der Waals surface area contributed by atoms with Gasteiger partial charge in [-0.1, -0.05) is 19.3 Å². The standard InChI is InChI=1S/C14H25N3/c1-10-11(2)16-17(12(10)3)9-14(15)13-7-5-4-6-8-13/h13-14H,4-9,15H2,1-3H3. The van der Waals surface area contributed by atoms with Crippen molar-refractivity contribution in [1.82, 2.24) is 9.78 Å². The molecule has 0 saturated heterocycles. The summed E-state index contributed by atoms with van der Waals surface area (Å²) in [6.45, 7) is 7.24. The molecule has 0 radical (unpaired) electrons. The van der Waals surface area contributed by atoms with Gasteiger partial charge in [0.25, 0.3) is 0 Å². The van der Waals surface area contributed by atoms with Gasteiger partial charge in [0.1, 0.15) is 0 Å². The maximum absolute atomic E-state index is 6.35. The second kappa shape index (κ2) is 5.21. The van der Waals surface area contributed by atoms with Crippen LogP contribution in [0.25, 0.3) is 0 Å². The highest BCUT2D eigenvalue weighted by molar-refractivity contribution is 5.22. The van der Waals surface area contributed by atoms with E-state index in [2.05, 4.69) is 30.6 Å². The quantitative estimate of drug-likeness (QED) is 0.875. The van der Waals surface area contributed by atoms with Crippen molar-refractivity contribution in [3.63, 3.8) is 0 Å². The average molecular weight is 235 g/mol. The van der Waals surface area contributed by atoms with E-state index in [9.17, 15) is 0 Å². The van der Waals surface area contributed by atoms with Crippen molar-refractivity contribution < 1.29 is 0 Å². The third-order valence-electron chi connectivity index (χ3n) is 4.38. The van der Waals surface area contributed by atoms with Crippen molar-refractivity contribution in [2.45, 2.75) is 65.5 Å². The molecule has 1 unspecified atom stereocenters. The Morgan fingerprint density at radius 1 is 1.24 bits per heavy atom. The van der Waals surface area contributed by atoms with Crippen LogP contribution >= 0.6 is 0 Å². The van der Waals surface area contributed by atoms with Gasteiger partial charge in [-0.3, -0.25) is 4.68 Å². The summed E-state index contributed by atoms with van der Waals surface area (Å²) in [5.41, 5.74) is 10.1. The molecule has 96 valence electrons. The summed E-state index contributed by atoms with van der Waals surface area (Å²) in [6.07, 6.45) is 6.71. The first-order valence-corrected chi connectivity index (χ1v) is 6.85. The third-order valence-corrected chi connectivity index (χ3v) is 4.38. The molecule has 1 atom stereocenters. The maximum Gasteiger partial charge on any atom is 0.0625 e. The van der Waals surface area contributed by atoms with E-state index >= 15 is 0 Å². The first-order chi connectivity index (χ1) is 8.09. The summed E-state index contributed by atoms with van der Waals surface area (Å²) in [7, 11) is 0. The van der Waals surface area contributed by atoms with Crippen LogP contribution < -0.4 is 5.73 Å². The highest BCUT2D eigenvalue weighted by atomic mass is 15.3. The number of aryl methyl sites for hydroxylation is 1. The van der Waals surface area contributed by atoms with Crippen molar-refractivity contribution in [2.24, 2.45) is 11.7 Å². The van der Waals surface area contributed by atoms with Gasteiger partial charge in [0, 0.05) is 11.7 Å². The molecule has 1 aromatic rings. The molecule has 17 heavy (non-hydrogen) atoms. The van der Waals surface area contributed by atoms with Crippen molar-refractivity contribution >= 4 is 0 Å². The number of rotatable bonds is 3. The van der Waals surface area contributed by atoms with Gasteiger partial charge in [-0.15, -0.1) is 0 Å². The first kappa shape index (κ1) is 12.6. The van der Waals surface area contributed by atoms with Crippen LogP contribution in [0.1, 0.15) is 49.1 Å². The molecule has 2 N–H and O–H groups in total. The molecule has 0 aliphatic heterocycles. The van der Waals surface area contributed by atoms with E-state index in [1.54, 1.807) is 0 Å². The van der Waals surface area contributed by atoms with Crippen LogP contribution in [0.4, 0.5) is 0 Å². The van der Waals surface area contributed by atoms with E-state index in [-0.39, 0.29) is 6.04 Å². The zero-order chi connectivity index (χ0) is 12.4. The Kier molecular flexibility index (Phi) is 3.87. The lowest BCUT2D eigenvalue weighted by Crippen LogP contribution is -2.36. The molecule has 1 aliphatic rings. The van der Waals surface area contributed by atoms with Gasteiger partial charge in [0.15, 0.2) is 0 Å². The van der Waals surface area contributed by atoms with Crippen molar-refractivity contribution in [3.05, 3.63) is 17.0 Å². The topological polar surface area (TPSA) is 43.8 Å². The molecule has 0 spiro atoms. The van der Waals surface area contributed by atoms with E-state index in [1.807, 2.05) is 0 Å². The number of aromatic nitrogens is 2. The maximum atomic E-state index is 6.35. The zero-order valence-corrected chi connectivity index (χ0v) is 11.4. The molecule has 1 fully saturated rings. The molecule has 0 aromatic carbocycles. The van der Waals surface area contributed by atoms with Crippen LogP contribution in [-0.2, 0) is 6.54 Å². The van der Waals surface area contributed by atoms with Crippen LogP contribution in [0.5, 0.6) is 0 Å². The summed E-state index contributed by atoms with van der Waals surface area (Å²) in [6, 6.07) is 0.271. The molecule has 0 bridgehead atoms. The fourth-order valence-corrected chi connectivity index (χ4v) is 2.88. The van der Waals surface area contributed by atoms with Crippen molar-refractivity contribution in [1.29, 1.82) is 0 Å². The van der Waals surface area contributed by atoms with Crippen molar-refractivity contribution in [2.75, 3.05) is 0 Å². The summed E-state index contributed by atoms with van der Waals surface area (Å²) >= 11 is 0. The third kappa shape index (κ3) is 2.71. The first-order valence-electron chi connectivity index (χ1n) is 6.85. The van der Waals surface area contributed by atoms with Gasteiger partial charge in [-0.25, -0.2) is 0 Å². The van der Waals surface area contributed by atoms with Crippen LogP contribution in [0, 0.1) is 26.7 Å². The Balaban J connectivity index is 2.01. The predicted molar refractivity (Wildman–Crippen MR) is 71.0 cm³/mol. The second-order valence-electron chi connectivity index (χ2n) is 5.54. The Bertz CT molecular complexity index is 375. The van der Waals surface area contributed by atoms with Gasteiger partial charge < -0.3 is 5.73 Å². The van der Waals surface area contributed by atoms with Gasteiger partial charge >= 0.3 is 0 Å². The Morgan fingerprint density at radius 2 is 1.88 bits per heavy atom. The molecule has 1 saturated carbocycles. The van der Waals surface area contributed by atoms with Crippen LogP contribution in [0.15, 0.2) is 0 Å². The van der Waals surface area contributed by atoms with Crippen LogP contribution in [0.3, 0.4) is 0 Å². The minimum absolute atomic E-state index is 0.271. The largest absolute Gasteiger partial charge is 0.326 e. The van der Waals surface area contributed by atoms with Crippen LogP contribution in [0.2, 0.25) is 0 Å². The Labute approximate surface area is 104 Å². The molecular weight excluding hydrogens is 210 g/mol. The van der Waals surface area contributed by atoms with E-state index in [1.165, 1.54) is 43.4 Å². The van der Waals surface area contributed by atoms with Gasteiger partial charge in [-0.2, -0.15) is 5.10 Å². The number of nitrogens with two attached hydrogens (primary N) is 1. The number of nitrogens with zero attached hydrogens (tertiary/aromatic N) is 2. The minimum atomic E-state index is 0.271. The predicted octanol–water partition coefficient (Wildman–Crippen LogP) is 2.72. The van der Waals surface area contributed by atoms with Gasteiger partial charge in [0.05, 0.1) is 12.2 Å². The molecule has 1 aromatic heterocycles. The minimum Gasteiger partial charge on any atom is -0.326 e. The molecule has 0 amide bonds. The highest BCUT2D eigenvalue weighted by Crippen LogP contribution is 2.26. The van der Waals surface area contributed by atoms with Crippen molar-refractivity contribution in [3.8, 4) is 0 Å². The normalized spacial score (nSPS) is 19.5. The fraction of sp³-hybridized carbons (Fsp3) is 0.786. The second-order valence-corrected chi connectivity index (χ2v) is 5.54. The average Bonchev–Trinajstić information content (AvgIpc) is 2.58. The number of hydrogen-bond acceptors (Lipinski definition) is 2. The van der Waals surface area contributed by atoms with Gasteiger partial charge in [0.2, 0.25) is 0 Å². The smallest absolute Gasteiger partial charge is 0.0625 e. The Morgan fingerprint density at radius 3 is 2.41 bits per heavy atom. The van der Waals surface area contributed by atoms with E-state index < -0.39 is 0 Å². The molecule has 1 heterocycles. The van der Waals surface area contributed by atoms with E-state index in [4.69, 9.17) is 5.73 Å². The lowest BCUT2D eigenvalue weighted by molar-refractivity contribution is 0.278. The molecule has 2 rings (SSSR count). The SMILES string of the molecule is Cc1nn(CC(N)C2CCCCC2)c(C)c1C. The van der Waals surface area contributed by atoms with Crippen LogP contribution in [-0.4, -0.2) is 15.8 Å². The lowest BCUT2D eigenvalue weighted by atomic mass is 9.84. The summed E-state index contributed by atoms with van der Waals surface area (Å²) in [4.78, 5) is 0. The number of hydrogen-bond donors (Lipinski definition) is 1.